The number of Topliss-reactive ketones (excluding diaryl/α,β-unsaturated/α-hetero) is 2. The van der Waals surface area contributed by atoms with Crippen molar-refractivity contribution in [3.63, 3.8) is 0 Å². The quantitative estimate of drug-likeness (QED) is 0.208. The summed E-state index contributed by atoms with van der Waals surface area (Å²) >= 11 is 0. The van der Waals surface area contributed by atoms with E-state index >= 15 is 0 Å². The maximum Gasteiger partial charge on any atom is 0.339 e. The lowest BCUT2D eigenvalue weighted by Gasteiger charge is -2.19. The number of carbonyl (C=O) groups excluding carboxylic acids is 3. The molecule has 0 radical (unpaired) electrons. The van der Waals surface area contributed by atoms with E-state index < -0.39 is 17.5 Å². The summed E-state index contributed by atoms with van der Waals surface area (Å²) in [5.41, 5.74) is -1.21. The monoisotopic (exact) mass is 466 g/mol. The number of aliphatic hydroxyl groups excluding tert-OH is 1. The van der Waals surface area contributed by atoms with Crippen LogP contribution in [0.15, 0.2) is 0 Å². The number of rotatable bonds is 19. The van der Waals surface area contributed by atoms with Crippen molar-refractivity contribution in [2.75, 3.05) is 19.8 Å². The van der Waals surface area contributed by atoms with Gasteiger partial charge >= 0.3 is 5.97 Å². The largest absolute Gasteiger partial charge is 0.464 e. The molecule has 6 heteroatoms. The second kappa shape index (κ2) is 14.9. The van der Waals surface area contributed by atoms with Crippen LogP contribution in [0.2, 0.25) is 0 Å². The summed E-state index contributed by atoms with van der Waals surface area (Å²) in [5, 5.41) is 9.11. The lowest BCUT2D eigenvalue weighted by atomic mass is 9.86. The number of ketones is 2. The Kier molecular flexibility index (Phi) is 12.6. The van der Waals surface area contributed by atoms with Crippen molar-refractivity contribution in [3.8, 4) is 0 Å². The smallest absolute Gasteiger partial charge is 0.339 e. The molecule has 0 spiro atoms. The molecule has 190 valence electrons. The van der Waals surface area contributed by atoms with Gasteiger partial charge in [-0.3, -0.25) is 9.59 Å². The molecule has 2 aliphatic carbocycles. The van der Waals surface area contributed by atoms with E-state index in [1.54, 1.807) is 0 Å². The van der Waals surface area contributed by atoms with Gasteiger partial charge in [0.15, 0.2) is 5.60 Å². The minimum Gasteiger partial charge on any atom is -0.464 e. The van der Waals surface area contributed by atoms with Crippen LogP contribution in [-0.4, -0.2) is 48.1 Å². The molecule has 0 aromatic rings. The number of aliphatic hydroxyl groups is 1. The zero-order valence-electron chi connectivity index (χ0n) is 20.9. The molecular weight excluding hydrogens is 420 g/mol. The molecule has 2 rings (SSSR count). The number of esters is 1. The predicted octanol–water partition coefficient (Wildman–Crippen LogP) is 5.18. The molecule has 0 aliphatic heterocycles. The molecule has 2 saturated carbocycles. The average molecular weight is 467 g/mol. The standard InChI is InChI=1S/C27H46O6/c1-3-5-7-8-9-10-12-21-15-16-24(29)22(21)13-11-14-25(30)23-20-27(23,33-19-17-28)26(31)32-18-6-4-2/h21-23,28H,3-20H2,1-2H3/t21-,22+,23?,27?/m0/s1. The first-order valence-electron chi connectivity index (χ1n) is 13.5. The van der Waals surface area contributed by atoms with E-state index in [1.807, 2.05) is 6.92 Å². The fraction of sp³-hybridized carbons (Fsp3) is 0.889. The van der Waals surface area contributed by atoms with E-state index in [0.717, 1.165) is 32.1 Å². The van der Waals surface area contributed by atoms with E-state index in [-0.39, 0.29) is 24.9 Å². The Bertz CT molecular complexity index is 618. The summed E-state index contributed by atoms with van der Waals surface area (Å²) in [6.45, 7) is 4.38. The second-order valence-electron chi connectivity index (χ2n) is 9.99. The molecule has 2 unspecified atom stereocenters. The Labute approximate surface area is 200 Å². The molecule has 0 saturated heterocycles. The van der Waals surface area contributed by atoms with Crippen LogP contribution in [0, 0.1) is 17.8 Å². The molecule has 0 bridgehead atoms. The Balaban J connectivity index is 1.75. The molecule has 0 aromatic heterocycles. The molecule has 1 N–H and O–H groups in total. The van der Waals surface area contributed by atoms with Gasteiger partial charge in [-0.25, -0.2) is 4.79 Å². The van der Waals surface area contributed by atoms with Gasteiger partial charge < -0.3 is 14.6 Å². The first-order chi connectivity index (χ1) is 16.0. The van der Waals surface area contributed by atoms with Crippen molar-refractivity contribution >= 4 is 17.5 Å². The van der Waals surface area contributed by atoms with E-state index in [0.29, 0.717) is 44.0 Å². The lowest BCUT2D eigenvalue weighted by molar-refractivity contribution is -0.164. The van der Waals surface area contributed by atoms with Crippen molar-refractivity contribution < 1.29 is 29.0 Å². The van der Waals surface area contributed by atoms with Crippen LogP contribution in [0.3, 0.4) is 0 Å². The molecule has 0 heterocycles. The SMILES string of the molecule is CCCCCCCC[C@H]1CCC(=O)[C@@H]1CCCC(=O)C1CC1(OCCO)C(=O)OCCCC. The maximum atomic E-state index is 12.8. The number of hydrogen-bond donors (Lipinski definition) is 1. The van der Waals surface area contributed by atoms with Gasteiger partial charge in [-0.05, 0) is 38.0 Å². The van der Waals surface area contributed by atoms with Gasteiger partial charge in [0.2, 0.25) is 0 Å². The third kappa shape index (κ3) is 8.47. The Hall–Kier alpha value is -1.27. The van der Waals surface area contributed by atoms with E-state index in [9.17, 15) is 14.4 Å². The second-order valence-corrected chi connectivity index (χ2v) is 9.99. The average Bonchev–Trinajstić information content (AvgIpc) is 3.46. The summed E-state index contributed by atoms with van der Waals surface area (Å²) < 4.78 is 10.9. The van der Waals surface area contributed by atoms with Gasteiger partial charge in [-0.15, -0.1) is 0 Å². The Morgan fingerprint density at radius 1 is 0.970 bits per heavy atom. The van der Waals surface area contributed by atoms with Crippen LogP contribution in [0.5, 0.6) is 0 Å². The fourth-order valence-electron chi connectivity index (χ4n) is 5.30. The highest BCUT2D eigenvalue weighted by molar-refractivity contribution is 5.96. The minimum atomic E-state index is -1.21. The van der Waals surface area contributed by atoms with Gasteiger partial charge in [0, 0.05) is 25.2 Å². The summed E-state index contributed by atoms with van der Waals surface area (Å²) in [6.07, 6.45) is 14.3. The summed E-state index contributed by atoms with van der Waals surface area (Å²) in [7, 11) is 0. The number of ether oxygens (including phenoxy) is 2. The molecule has 2 fully saturated rings. The molecule has 2 aliphatic rings. The zero-order valence-corrected chi connectivity index (χ0v) is 20.9. The van der Waals surface area contributed by atoms with Crippen LogP contribution in [0.25, 0.3) is 0 Å². The molecular formula is C27H46O6. The van der Waals surface area contributed by atoms with E-state index in [2.05, 4.69) is 6.92 Å². The van der Waals surface area contributed by atoms with Crippen molar-refractivity contribution in [2.24, 2.45) is 17.8 Å². The third-order valence-corrected chi connectivity index (χ3v) is 7.44. The predicted molar refractivity (Wildman–Crippen MR) is 128 cm³/mol. The normalized spacial score (nSPS) is 26.5. The van der Waals surface area contributed by atoms with Gasteiger partial charge in [0.1, 0.15) is 11.6 Å². The Morgan fingerprint density at radius 2 is 1.70 bits per heavy atom. The van der Waals surface area contributed by atoms with Gasteiger partial charge in [0.05, 0.1) is 25.7 Å². The summed E-state index contributed by atoms with van der Waals surface area (Å²) in [4.78, 5) is 37.8. The van der Waals surface area contributed by atoms with Crippen molar-refractivity contribution in [1.82, 2.24) is 0 Å². The highest BCUT2D eigenvalue weighted by Gasteiger charge is 2.65. The van der Waals surface area contributed by atoms with Crippen LogP contribution in [0.4, 0.5) is 0 Å². The summed E-state index contributed by atoms with van der Waals surface area (Å²) in [6, 6.07) is 0. The summed E-state index contributed by atoms with van der Waals surface area (Å²) in [5.74, 6) is -0.0188. The highest BCUT2D eigenvalue weighted by atomic mass is 16.6. The third-order valence-electron chi connectivity index (χ3n) is 7.44. The van der Waals surface area contributed by atoms with Crippen LogP contribution in [0.1, 0.15) is 110 Å². The van der Waals surface area contributed by atoms with Crippen molar-refractivity contribution in [1.29, 1.82) is 0 Å². The molecule has 0 amide bonds. The van der Waals surface area contributed by atoms with E-state index in [1.165, 1.54) is 38.5 Å². The van der Waals surface area contributed by atoms with Gasteiger partial charge in [-0.2, -0.15) is 0 Å². The fourth-order valence-corrected chi connectivity index (χ4v) is 5.30. The molecule has 33 heavy (non-hydrogen) atoms. The number of hydrogen-bond acceptors (Lipinski definition) is 6. The topological polar surface area (TPSA) is 89.9 Å². The minimum absolute atomic E-state index is 0.0123. The first kappa shape index (κ1) is 28.0. The maximum absolute atomic E-state index is 12.8. The first-order valence-corrected chi connectivity index (χ1v) is 13.5. The van der Waals surface area contributed by atoms with Crippen LogP contribution >= 0.6 is 0 Å². The highest BCUT2D eigenvalue weighted by Crippen LogP contribution is 2.49. The molecule has 0 aromatic carbocycles. The van der Waals surface area contributed by atoms with Crippen LogP contribution in [-0.2, 0) is 23.9 Å². The van der Waals surface area contributed by atoms with E-state index in [4.69, 9.17) is 14.6 Å². The number of carbonyl (C=O) groups is 3. The lowest BCUT2D eigenvalue weighted by Crippen LogP contribution is -2.34. The van der Waals surface area contributed by atoms with Gasteiger partial charge in [-0.1, -0.05) is 58.8 Å². The Morgan fingerprint density at radius 3 is 2.42 bits per heavy atom. The van der Waals surface area contributed by atoms with Crippen molar-refractivity contribution in [3.05, 3.63) is 0 Å². The van der Waals surface area contributed by atoms with Gasteiger partial charge in [0.25, 0.3) is 0 Å². The molecule has 6 nitrogen and oxygen atoms in total. The molecule has 4 atom stereocenters. The zero-order chi connectivity index (χ0) is 24.1. The number of unbranched alkanes of at least 4 members (excludes halogenated alkanes) is 6. The van der Waals surface area contributed by atoms with Crippen molar-refractivity contribution in [2.45, 2.75) is 116 Å². The van der Waals surface area contributed by atoms with Crippen LogP contribution < -0.4 is 0 Å².